The zero-order valence-electron chi connectivity index (χ0n) is 12.3. The van der Waals surface area contributed by atoms with E-state index in [4.69, 9.17) is 9.84 Å². The highest BCUT2D eigenvalue weighted by atomic mass is 16.6. The van der Waals surface area contributed by atoms with Crippen molar-refractivity contribution in [1.82, 2.24) is 9.97 Å². The van der Waals surface area contributed by atoms with Crippen molar-refractivity contribution in [3.63, 3.8) is 0 Å². The summed E-state index contributed by atoms with van der Waals surface area (Å²) in [5.74, 6) is 0. The van der Waals surface area contributed by atoms with Gasteiger partial charge in [0, 0.05) is 16.6 Å². The minimum absolute atomic E-state index is 0.212. The average Bonchev–Trinajstić information content (AvgIpc) is 2.74. The van der Waals surface area contributed by atoms with Crippen LogP contribution in [0.3, 0.4) is 0 Å². The number of nitrogens with one attached hydrogen (secondary N) is 1. The van der Waals surface area contributed by atoms with E-state index in [1.54, 1.807) is 6.07 Å². The van der Waals surface area contributed by atoms with Crippen LogP contribution in [0.1, 0.15) is 22.9 Å². The van der Waals surface area contributed by atoms with Crippen LogP contribution in [0.5, 0.6) is 0 Å². The Labute approximate surface area is 126 Å². The first-order valence-corrected chi connectivity index (χ1v) is 7.06. The molecule has 1 aliphatic rings. The molecule has 0 amide bonds. The average molecular weight is 306 g/mol. The third-order valence-corrected chi connectivity index (χ3v) is 4.04. The van der Waals surface area contributed by atoms with Crippen LogP contribution in [0.25, 0.3) is 11.0 Å². The summed E-state index contributed by atoms with van der Waals surface area (Å²) in [6.45, 7) is 3.31. The summed E-state index contributed by atoms with van der Waals surface area (Å²) >= 11 is 0. The molecule has 0 saturated carbocycles. The van der Waals surface area contributed by atoms with E-state index in [1.165, 1.54) is 0 Å². The van der Waals surface area contributed by atoms with Gasteiger partial charge in [-0.1, -0.05) is 0 Å². The summed E-state index contributed by atoms with van der Waals surface area (Å²) in [4.78, 5) is 19.2. The van der Waals surface area contributed by atoms with Gasteiger partial charge in [0.2, 0.25) is 0 Å². The molecule has 0 bridgehead atoms. The fraction of sp³-hybridized carbons (Fsp3) is 0.467. The van der Waals surface area contributed by atoms with Gasteiger partial charge >= 0.3 is 0 Å². The van der Waals surface area contributed by atoms with Crippen molar-refractivity contribution >= 4 is 11.0 Å². The number of hydrogen-bond donors (Lipinski definition) is 4. The SMILES string of the molecule is Cc1cc(C)c2cc([C@@H]3O[C@H](CO)C(O)C3O)c(=O)[nH]c2n1. The van der Waals surface area contributed by atoms with Crippen LogP contribution < -0.4 is 5.56 Å². The lowest BCUT2D eigenvalue weighted by Gasteiger charge is -2.15. The Hall–Kier alpha value is -1.80. The number of pyridine rings is 2. The molecule has 2 aromatic rings. The first-order chi connectivity index (χ1) is 10.4. The lowest BCUT2D eigenvalue weighted by Crippen LogP contribution is -2.33. The Kier molecular flexibility index (Phi) is 3.73. The number of ether oxygens (including phenoxy) is 1. The third-order valence-electron chi connectivity index (χ3n) is 4.04. The molecule has 3 heterocycles. The Balaban J connectivity index is 2.12. The lowest BCUT2D eigenvalue weighted by molar-refractivity contribution is -0.0231. The van der Waals surface area contributed by atoms with Crippen LogP contribution in [0.2, 0.25) is 0 Å². The zero-order valence-corrected chi connectivity index (χ0v) is 12.3. The molecule has 22 heavy (non-hydrogen) atoms. The molecule has 7 nitrogen and oxygen atoms in total. The van der Waals surface area contributed by atoms with Crippen LogP contribution in [0.4, 0.5) is 0 Å². The first kappa shape index (κ1) is 15.1. The molecule has 118 valence electrons. The van der Waals surface area contributed by atoms with Crippen molar-refractivity contribution in [2.45, 2.75) is 38.3 Å². The molecule has 4 N–H and O–H groups in total. The third kappa shape index (κ3) is 2.32. The monoisotopic (exact) mass is 306 g/mol. The van der Waals surface area contributed by atoms with Crippen LogP contribution in [-0.2, 0) is 4.74 Å². The summed E-state index contributed by atoms with van der Waals surface area (Å²) in [7, 11) is 0. The Morgan fingerprint density at radius 3 is 2.64 bits per heavy atom. The predicted octanol–water partition coefficient (Wildman–Crippen LogP) is -0.306. The summed E-state index contributed by atoms with van der Waals surface area (Å²) in [6.07, 6.45) is -4.40. The van der Waals surface area contributed by atoms with Crippen molar-refractivity contribution in [3.05, 3.63) is 39.3 Å². The van der Waals surface area contributed by atoms with Gasteiger partial charge in [-0.3, -0.25) is 4.79 Å². The number of nitrogens with zero attached hydrogens (tertiary/aromatic N) is 1. The van der Waals surface area contributed by atoms with Crippen molar-refractivity contribution in [2.75, 3.05) is 6.61 Å². The quantitative estimate of drug-likeness (QED) is 0.605. The minimum atomic E-state index is -1.27. The molecule has 3 rings (SSSR count). The minimum Gasteiger partial charge on any atom is -0.394 e. The van der Waals surface area contributed by atoms with E-state index in [9.17, 15) is 15.0 Å². The van der Waals surface area contributed by atoms with E-state index in [0.717, 1.165) is 16.6 Å². The van der Waals surface area contributed by atoms with Crippen LogP contribution in [0, 0.1) is 13.8 Å². The second-order valence-electron chi connectivity index (χ2n) is 5.66. The first-order valence-electron chi connectivity index (χ1n) is 7.06. The predicted molar refractivity (Wildman–Crippen MR) is 78.6 cm³/mol. The summed E-state index contributed by atoms with van der Waals surface area (Å²) < 4.78 is 5.42. The van der Waals surface area contributed by atoms with Gasteiger partial charge in [0.05, 0.1) is 6.61 Å². The molecule has 2 unspecified atom stereocenters. The van der Waals surface area contributed by atoms with Crippen LogP contribution >= 0.6 is 0 Å². The molecule has 1 aliphatic heterocycles. The van der Waals surface area contributed by atoms with E-state index in [2.05, 4.69) is 9.97 Å². The van der Waals surface area contributed by atoms with E-state index >= 15 is 0 Å². The van der Waals surface area contributed by atoms with Gasteiger partial charge < -0.3 is 25.0 Å². The van der Waals surface area contributed by atoms with Gasteiger partial charge in [0.15, 0.2) is 0 Å². The van der Waals surface area contributed by atoms with Gasteiger partial charge in [-0.05, 0) is 31.5 Å². The fourth-order valence-electron chi connectivity index (χ4n) is 2.89. The summed E-state index contributed by atoms with van der Waals surface area (Å²) in [5, 5.41) is 29.8. The highest BCUT2D eigenvalue weighted by Crippen LogP contribution is 2.32. The Morgan fingerprint density at radius 2 is 2.00 bits per heavy atom. The number of aryl methyl sites for hydroxylation is 2. The second kappa shape index (κ2) is 5.44. The molecule has 0 aliphatic carbocycles. The van der Waals surface area contributed by atoms with Gasteiger partial charge in [0.1, 0.15) is 30.1 Å². The molecular formula is C15H18N2O5. The van der Waals surface area contributed by atoms with E-state index in [0.29, 0.717) is 5.65 Å². The van der Waals surface area contributed by atoms with E-state index in [-0.39, 0.29) is 5.56 Å². The Morgan fingerprint density at radius 1 is 1.27 bits per heavy atom. The van der Waals surface area contributed by atoms with Crippen molar-refractivity contribution in [3.8, 4) is 0 Å². The Bertz CT molecular complexity index is 772. The summed E-state index contributed by atoms with van der Waals surface area (Å²) in [5.41, 5.74) is 1.98. The fourth-order valence-corrected chi connectivity index (χ4v) is 2.89. The molecule has 4 atom stereocenters. The maximum Gasteiger partial charge on any atom is 0.255 e. The van der Waals surface area contributed by atoms with Gasteiger partial charge in [0.25, 0.3) is 5.56 Å². The number of aliphatic hydroxyl groups is 3. The standard InChI is InChI=1S/C15H18N2O5/c1-6-3-7(2)16-14-8(6)4-9(15(21)17-14)13-12(20)11(19)10(5-18)22-13/h3-4,10-13,18-20H,5H2,1-2H3,(H,16,17,21)/t10-,11?,12?,13+/m1/s1. The molecule has 1 saturated heterocycles. The van der Waals surface area contributed by atoms with Crippen LogP contribution in [-0.4, -0.2) is 50.2 Å². The second-order valence-corrected chi connectivity index (χ2v) is 5.66. The van der Waals surface area contributed by atoms with Crippen molar-refractivity contribution in [1.29, 1.82) is 0 Å². The van der Waals surface area contributed by atoms with Crippen molar-refractivity contribution in [2.24, 2.45) is 0 Å². The maximum atomic E-state index is 12.3. The number of fused-ring (bicyclic) bond motifs is 1. The number of rotatable bonds is 2. The topological polar surface area (TPSA) is 116 Å². The number of aromatic nitrogens is 2. The molecule has 0 spiro atoms. The molecule has 7 heteroatoms. The molecule has 2 aromatic heterocycles. The number of H-pyrrole nitrogens is 1. The number of aliphatic hydroxyl groups excluding tert-OH is 3. The van der Waals surface area contributed by atoms with Gasteiger partial charge in [-0.15, -0.1) is 0 Å². The molecule has 0 radical (unpaired) electrons. The smallest absolute Gasteiger partial charge is 0.255 e. The maximum absolute atomic E-state index is 12.3. The van der Waals surface area contributed by atoms with Crippen molar-refractivity contribution < 1.29 is 20.1 Å². The van der Waals surface area contributed by atoms with Gasteiger partial charge in [-0.25, -0.2) is 4.98 Å². The highest BCUT2D eigenvalue weighted by Gasteiger charge is 2.44. The molecule has 0 aromatic carbocycles. The zero-order chi connectivity index (χ0) is 16.0. The van der Waals surface area contributed by atoms with E-state index < -0.39 is 36.6 Å². The normalized spacial score (nSPS) is 28.4. The molecule has 1 fully saturated rings. The van der Waals surface area contributed by atoms with E-state index in [1.807, 2.05) is 19.9 Å². The largest absolute Gasteiger partial charge is 0.394 e. The lowest BCUT2D eigenvalue weighted by atomic mass is 10.0. The van der Waals surface area contributed by atoms with Crippen LogP contribution in [0.15, 0.2) is 16.9 Å². The summed E-state index contributed by atoms with van der Waals surface area (Å²) in [6, 6.07) is 3.51. The number of aromatic amines is 1. The van der Waals surface area contributed by atoms with Gasteiger partial charge in [-0.2, -0.15) is 0 Å². The number of hydrogen-bond acceptors (Lipinski definition) is 6. The molecular weight excluding hydrogens is 288 g/mol. The highest BCUT2D eigenvalue weighted by molar-refractivity contribution is 5.79.